The van der Waals surface area contributed by atoms with Crippen molar-refractivity contribution >= 4 is 11.8 Å². The van der Waals surface area contributed by atoms with Crippen LogP contribution in [-0.2, 0) is 6.42 Å². The number of fused-ring (bicyclic) bond motifs is 3. The van der Waals surface area contributed by atoms with Crippen LogP contribution >= 0.6 is 0 Å². The van der Waals surface area contributed by atoms with Crippen molar-refractivity contribution < 1.29 is 14.3 Å². The summed E-state index contributed by atoms with van der Waals surface area (Å²) in [6.45, 7) is 8.02. The van der Waals surface area contributed by atoms with E-state index in [9.17, 15) is 9.59 Å². The smallest absolute Gasteiger partial charge is 0.253 e. The van der Waals surface area contributed by atoms with Crippen LogP contribution in [0.5, 0.6) is 5.75 Å². The minimum Gasteiger partial charge on any atom is -0.497 e. The van der Waals surface area contributed by atoms with Crippen molar-refractivity contribution in [1.29, 1.82) is 0 Å². The molecule has 2 N–H and O–H groups in total. The molecule has 2 saturated heterocycles. The second-order valence-electron chi connectivity index (χ2n) is 11.2. The number of nitrogens with two attached hydrogens (primary N) is 1. The van der Waals surface area contributed by atoms with Gasteiger partial charge in [-0.25, -0.2) is 0 Å². The summed E-state index contributed by atoms with van der Waals surface area (Å²) < 4.78 is 5.40. The number of amides is 2. The topological polar surface area (TPSA) is 79.1 Å². The Morgan fingerprint density at radius 2 is 1.55 bits per heavy atom. The quantitative estimate of drug-likeness (QED) is 0.380. The molecule has 0 radical (unpaired) electrons. The van der Waals surface area contributed by atoms with Gasteiger partial charge in [-0.05, 0) is 102 Å². The Bertz CT molecular complexity index is 1420. The molecule has 2 heterocycles. The van der Waals surface area contributed by atoms with E-state index < -0.39 is 5.91 Å². The molecule has 2 aliphatic heterocycles. The third-order valence-electron chi connectivity index (χ3n) is 8.77. The molecule has 0 bridgehead atoms. The van der Waals surface area contributed by atoms with E-state index in [1.807, 2.05) is 53.4 Å². The summed E-state index contributed by atoms with van der Waals surface area (Å²) in [5.74, 6) is 0.398. The number of ether oxygens (including phenoxy) is 1. The van der Waals surface area contributed by atoms with Crippen LogP contribution in [-0.4, -0.2) is 86.0 Å². The Hall–Kier alpha value is -3.68. The van der Waals surface area contributed by atoms with Gasteiger partial charge in [0.1, 0.15) is 5.75 Å². The highest BCUT2D eigenvalue weighted by Gasteiger charge is 2.28. The molecular formula is C33H38N4O3. The molecule has 0 saturated carbocycles. The molecule has 0 aromatic heterocycles. The zero-order valence-electron chi connectivity index (χ0n) is 23.3. The Balaban J connectivity index is 1.17. The first-order valence-electron chi connectivity index (χ1n) is 14.5. The fourth-order valence-corrected chi connectivity index (χ4v) is 6.44. The average molecular weight is 539 g/mol. The predicted octanol–water partition coefficient (Wildman–Crippen LogP) is 4.28. The lowest BCUT2D eigenvalue weighted by molar-refractivity contribution is 0.0619. The normalized spacial score (nSPS) is 17.4. The Morgan fingerprint density at radius 1 is 0.800 bits per heavy atom. The van der Waals surface area contributed by atoms with Gasteiger partial charge in [0.25, 0.3) is 5.91 Å². The maximum atomic E-state index is 13.5. The van der Waals surface area contributed by atoms with Crippen molar-refractivity contribution in [3.8, 4) is 28.0 Å². The van der Waals surface area contributed by atoms with Gasteiger partial charge < -0.3 is 20.3 Å². The second-order valence-corrected chi connectivity index (χ2v) is 11.2. The monoisotopic (exact) mass is 538 g/mol. The molecule has 7 nitrogen and oxygen atoms in total. The summed E-state index contributed by atoms with van der Waals surface area (Å²) in [6.07, 6.45) is 4.60. The van der Waals surface area contributed by atoms with Crippen molar-refractivity contribution in [2.24, 2.45) is 5.73 Å². The summed E-state index contributed by atoms with van der Waals surface area (Å²) >= 11 is 0. The maximum Gasteiger partial charge on any atom is 0.253 e. The van der Waals surface area contributed by atoms with Crippen molar-refractivity contribution in [1.82, 2.24) is 14.7 Å². The number of rotatable bonds is 7. The van der Waals surface area contributed by atoms with Crippen LogP contribution < -0.4 is 10.5 Å². The van der Waals surface area contributed by atoms with Gasteiger partial charge in [0.2, 0.25) is 5.91 Å². The van der Waals surface area contributed by atoms with Gasteiger partial charge in [0, 0.05) is 50.4 Å². The summed E-state index contributed by atoms with van der Waals surface area (Å²) in [4.78, 5) is 33.0. The van der Waals surface area contributed by atoms with Gasteiger partial charge in [-0.2, -0.15) is 0 Å². The zero-order chi connectivity index (χ0) is 27.6. The average Bonchev–Trinajstić information content (AvgIpc) is 3.37. The molecule has 0 atom stereocenters. The Labute approximate surface area is 236 Å². The van der Waals surface area contributed by atoms with E-state index in [2.05, 4.69) is 15.9 Å². The Morgan fingerprint density at radius 3 is 2.27 bits per heavy atom. The number of hydrogen-bond donors (Lipinski definition) is 1. The Kier molecular flexibility index (Phi) is 7.59. The molecule has 3 aromatic carbocycles. The van der Waals surface area contributed by atoms with Crippen LogP contribution in [0.25, 0.3) is 22.3 Å². The van der Waals surface area contributed by atoms with Crippen molar-refractivity contribution in [3.05, 3.63) is 76.9 Å². The number of nitrogens with zero attached hydrogens (tertiary/aromatic N) is 3. The van der Waals surface area contributed by atoms with E-state index in [1.165, 1.54) is 32.4 Å². The molecule has 0 spiro atoms. The first-order valence-corrected chi connectivity index (χ1v) is 14.5. The number of benzene rings is 3. The van der Waals surface area contributed by atoms with Crippen molar-refractivity contribution in [2.45, 2.75) is 25.7 Å². The van der Waals surface area contributed by atoms with Gasteiger partial charge >= 0.3 is 0 Å². The highest BCUT2D eigenvalue weighted by molar-refractivity contribution is 6.01. The number of likely N-dealkylation sites (tertiary alicyclic amines) is 1. The molecule has 40 heavy (non-hydrogen) atoms. The van der Waals surface area contributed by atoms with E-state index in [-0.39, 0.29) is 5.91 Å². The van der Waals surface area contributed by atoms with Crippen LogP contribution in [0.2, 0.25) is 0 Å². The first kappa shape index (κ1) is 26.5. The van der Waals surface area contributed by atoms with Crippen molar-refractivity contribution in [3.63, 3.8) is 0 Å². The van der Waals surface area contributed by atoms with Gasteiger partial charge in [-0.15, -0.1) is 0 Å². The molecule has 7 heteroatoms. The molecule has 1 aliphatic carbocycles. The predicted molar refractivity (Wildman–Crippen MR) is 158 cm³/mol. The number of carbonyl (C=O) groups excluding carboxylic acids is 2. The minimum absolute atomic E-state index is 0.0848. The van der Waals surface area contributed by atoms with E-state index in [0.29, 0.717) is 17.5 Å². The molecule has 6 rings (SSSR count). The number of primary amides is 1. The van der Waals surface area contributed by atoms with Crippen LogP contribution in [0.1, 0.15) is 51.1 Å². The number of piperidine rings is 1. The van der Waals surface area contributed by atoms with Gasteiger partial charge in [-0.1, -0.05) is 24.6 Å². The van der Waals surface area contributed by atoms with Gasteiger partial charge in [0.15, 0.2) is 0 Å². The molecular weight excluding hydrogens is 500 g/mol. The summed E-state index contributed by atoms with van der Waals surface area (Å²) in [5, 5.41) is 0. The first-order chi connectivity index (χ1) is 19.5. The SMILES string of the molecule is COc1cccc(-c2cc(C(N)=O)c3c(c2)-c2ccc(C(=O)N4CCN(CCN5CCCCC5)CC4)cc2C3)c1. The molecule has 2 amide bonds. The standard InChI is InChI=1S/C33H38N4O3/c1-40-27-7-5-6-23(19-27)25-20-29-28-9-8-24(18-26(28)22-30(29)31(21-25)32(34)38)33(39)37-16-14-36(15-17-37)13-12-35-10-3-2-4-11-35/h5-9,18-21H,2-4,10-17,22H2,1H3,(H2,34,38). The van der Waals surface area contributed by atoms with E-state index >= 15 is 0 Å². The lowest BCUT2D eigenvalue weighted by Gasteiger charge is -2.36. The van der Waals surface area contributed by atoms with Crippen LogP contribution in [0.3, 0.4) is 0 Å². The van der Waals surface area contributed by atoms with E-state index in [0.717, 1.165) is 78.4 Å². The third-order valence-corrected chi connectivity index (χ3v) is 8.77. The minimum atomic E-state index is -0.441. The summed E-state index contributed by atoms with van der Waals surface area (Å²) in [7, 11) is 1.64. The highest BCUT2D eigenvalue weighted by Crippen LogP contribution is 2.42. The van der Waals surface area contributed by atoms with Crippen LogP contribution in [0.4, 0.5) is 0 Å². The summed E-state index contributed by atoms with van der Waals surface area (Å²) in [6, 6.07) is 17.8. The third kappa shape index (κ3) is 5.36. The van der Waals surface area contributed by atoms with Crippen LogP contribution in [0.15, 0.2) is 54.6 Å². The lowest BCUT2D eigenvalue weighted by atomic mass is 9.94. The largest absolute Gasteiger partial charge is 0.497 e. The highest BCUT2D eigenvalue weighted by atomic mass is 16.5. The number of piperazine rings is 1. The van der Waals surface area contributed by atoms with E-state index in [4.69, 9.17) is 10.5 Å². The maximum absolute atomic E-state index is 13.5. The molecule has 2 fully saturated rings. The fraction of sp³-hybridized carbons (Fsp3) is 0.394. The van der Waals surface area contributed by atoms with E-state index in [1.54, 1.807) is 7.11 Å². The van der Waals surface area contributed by atoms with Gasteiger partial charge in [-0.3, -0.25) is 14.5 Å². The lowest BCUT2D eigenvalue weighted by Crippen LogP contribution is -2.50. The number of carbonyl (C=O) groups is 2. The molecule has 3 aromatic rings. The molecule has 208 valence electrons. The van der Waals surface area contributed by atoms with Gasteiger partial charge in [0.05, 0.1) is 7.11 Å². The zero-order valence-corrected chi connectivity index (χ0v) is 23.3. The molecule has 3 aliphatic rings. The van der Waals surface area contributed by atoms with Crippen LogP contribution in [0, 0.1) is 0 Å². The number of methoxy groups -OCH3 is 1. The summed E-state index contributed by atoms with van der Waals surface area (Å²) in [5.41, 5.74) is 13.0. The van der Waals surface area contributed by atoms with Crippen molar-refractivity contribution in [2.75, 3.05) is 59.5 Å². The molecule has 0 unspecified atom stereocenters. The fourth-order valence-electron chi connectivity index (χ4n) is 6.44. The number of hydrogen-bond acceptors (Lipinski definition) is 5. The second kappa shape index (κ2) is 11.4.